The van der Waals surface area contributed by atoms with Gasteiger partial charge in [-0.25, -0.2) is 0 Å². The van der Waals surface area contributed by atoms with Crippen LogP contribution in [0.15, 0.2) is 24.8 Å². The van der Waals surface area contributed by atoms with Gasteiger partial charge in [-0.05, 0) is 37.3 Å². The second kappa shape index (κ2) is 27.4. The van der Waals surface area contributed by atoms with Gasteiger partial charge < -0.3 is 18.1 Å². The van der Waals surface area contributed by atoms with Gasteiger partial charge in [0.2, 0.25) is 0 Å². The van der Waals surface area contributed by atoms with E-state index < -0.39 is 16.8 Å². The van der Waals surface area contributed by atoms with E-state index >= 15 is 0 Å². The first-order valence-electron chi connectivity index (χ1n) is 13.1. The van der Waals surface area contributed by atoms with E-state index in [1.54, 1.807) is 0 Å². The van der Waals surface area contributed by atoms with Crippen LogP contribution in [0.1, 0.15) is 117 Å². The van der Waals surface area contributed by atoms with E-state index in [0.717, 1.165) is 52.1 Å². The van der Waals surface area contributed by atoms with Crippen LogP contribution in [0.4, 0.5) is 0 Å². The molecular formula is C26H52O4P2. The normalized spacial score (nSPS) is 13.2. The van der Waals surface area contributed by atoms with Crippen molar-refractivity contribution < 1.29 is 18.1 Å². The third-order valence-electron chi connectivity index (χ3n) is 5.21. The van der Waals surface area contributed by atoms with Gasteiger partial charge in [-0.1, -0.05) is 104 Å². The first-order valence-corrected chi connectivity index (χ1v) is 15.6. The van der Waals surface area contributed by atoms with Crippen LogP contribution in [0.3, 0.4) is 0 Å². The summed E-state index contributed by atoms with van der Waals surface area (Å²) in [5.41, 5.74) is 0. The summed E-state index contributed by atoms with van der Waals surface area (Å²) < 4.78 is 23.1. The summed E-state index contributed by atoms with van der Waals surface area (Å²) in [6.07, 6.45) is 19.9. The molecule has 2 atom stereocenters. The molecule has 0 aliphatic heterocycles. The summed E-state index contributed by atoms with van der Waals surface area (Å²) in [6, 6.07) is 0. The highest BCUT2D eigenvalue weighted by molar-refractivity contribution is 7.50. The second-order valence-corrected chi connectivity index (χ2v) is 11.1. The molecule has 0 heterocycles. The standard InChI is InChI=1S/C26H52O4P2/c1-5-9-19-23-27-31(7-3)29-25-21-17-15-13-11-12-14-16-18-22-26-30-32(8-4)28-24-20-10-6-2/h7-8H,3-6,9-26H2,1-2H3. The number of hydrogen-bond donors (Lipinski definition) is 0. The lowest BCUT2D eigenvalue weighted by Crippen LogP contribution is -1.94. The molecule has 0 aliphatic rings. The van der Waals surface area contributed by atoms with Crippen LogP contribution in [-0.4, -0.2) is 26.4 Å². The third kappa shape index (κ3) is 23.3. The molecule has 0 radical (unpaired) electrons. The zero-order valence-electron chi connectivity index (χ0n) is 21.2. The first kappa shape index (κ1) is 32.2. The third-order valence-corrected chi connectivity index (χ3v) is 7.55. The molecule has 190 valence electrons. The summed E-state index contributed by atoms with van der Waals surface area (Å²) in [5, 5.41) is 0. The van der Waals surface area contributed by atoms with Crippen LogP contribution < -0.4 is 0 Å². The minimum atomic E-state index is -0.880. The Morgan fingerprint density at radius 2 is 0.688 bits per heavy atom. The lowest BCUT2D eigenvalue weighted by Gasteiger charge is -2.13. The van der Waals surface area contributed by atoms with Gasteiger partial charge in [-0.15, -0.1) is 0 Å². The van der Waals surface area contributed by atoms with Gasteiger partial charge in [-0.3, -0.25) is 0 Å². The monoisotopic (exact) mass is 490 g/mol. The highest BCUT2D eigenvalue weighted by Gasteiger charge is 2.06. The molecule has 0 saturated heterocycles. The SMILES string of the molecule is C=CP(OCCCCC)OCCCCCCCCCCCCOP(C=C)OCCCCC. The summed E-state index contributed by atoms with van der Waals surface area (Å²) in [5.74, 6) is 3.66. The molecule has 0 fully saturated rings. The topological polar surface area (TPSA) is 36.9 Å². The zero-order chi connectivity index (χ0) is 23.5. The predicted molar refractivity (Wildman–Crippen MR) is 143 cm³/mol. The summed E-state index contributed by atoms with van der Waals surface area (Å²) in [6.45, 7) is 15.3. The van der Waals surface area contributed by atoms with Crippen LogP contribution in [-0.2, 0) is 18.1 Å². The van der Waals surface area contributed by atoms with Crippen molar-refractivity contribution in [2.24, 2.45) is 0 Å². The molecule has 0 aromatic heterocycles. The Morgan fingerprint density at radius 3 is 0.938 bits per heavy atom. The van der Waals surface area contributed by atoms with E-state index in [9.17, 15) is 0 Å². The van der Waals surface area contributed by atoms with Gasteiger partial charge in [0, 0.05) is 0 Å². The molecule has 0 spiro atoms. The Hall–Kier alpha value is 0.180. The molecule has 0 aromatic rings. The van der Waals surface area contributed by atoms with Crippen LogP contribution in [0.5, 0.6) is 0 Å². The Morgan fingerprint density at radius 1 is 0.438 bits per heavy atom. The number of rotatable bonds is 27. The molecular weight excluding hydrogens is 438 g/mol. The second-order valence-electron chi connectivity index (χ2n) is 8.22. The molecule has 0 rings (SSSR count). The smallest absolute Gasteiger partial charge is 0.196 e. The quantitative estimate of drug-likeness (QED) is 0.0847. The fourth-order valence-corrected chi connectivity index (χ4v) is 5.03. The Labute approximate surface area is 202 Å². The van der Waals surface area contributed by atoms with Crippen LogP contribution in [0.2, 0.25) is 0 Å². The van der Waals surface area contributed by atoms with E-state index in [1.807, 2.05) is 11.6 Å². The average molecular weight is 491 g/mol. The molecule has 0 aromatic carbocycles. The van der Waals surface area contributed by atoms with E-state index in [2.05, 4.69) is 27.0 Å². The van der Waals surface area contributed by atoms with Crippen molar-refractivity contribution in [1.82, 2.24) is 0 Å². The minimum Gasteiger partial charge on any atom is -0.331 e. The average Bonchev–Trinajstić information content (AvgIpc) is 2.81. The van der Waals surface area contributed by atoms with Crippen molar-refractivity contribution in [3.63, 3.8) is 0 Å². The molecule has 0 N–H and O–H groups in total. The maximum atomic E-state index is 5.82. The van der Waals surface area contributed by atoms with E-state index in [0.29, 0.717) is 0 Å². The lowest BCUT2D eigenvalue weighted by atomic mass is 10.1. The summed E-state index contributed by atoms with van der Waals surface area (Å²) in [7, 11) is -1.76. The number of unbranched alkanes of at least 4 members (excludes halogenated alkanes) is 13. The number of hydrogen-bond acceptors (Lipinski definition) is 4. The zero-order valence-corrected chi connectivity index (χ0v) is 23.0. The maximum Gasteiger partial charge on any atom is 0.196 e. The van der Waals surface area contributed by atoms with E-state index in [-0.39, 0.29) is 0 Å². The molecule has 0 saturated carbocycles. The molecule has 0 bridgehead atoms. The van der Waals surface area contributed by atoms with Crippen LogP contribution in [0.25, 0.3) is 0 Å². The predicted octanol–water partition coefficient (Wildman–Crippen LogP) is 10.2. The summed E-state index contributed by atoms with van der Waals surface area (Å²) in [4.78, 5) is 0. The summed E-state index contributed by atoms with van der Waals surface area (Å²) >= 11 is 0. The van der Waals surface area contributed by atoms with Crippen molar-refractivity contribution in [2.45, 2.75) is 117 Å². The molecule has 32 heavy (non-hydrogen) atoms. The van der Waals surface area contributed by atoms with Crippen molar-refractivity contribution in [2.75, 3.05) is 26.4 Å². The molecule has 2 unspecified atom stereocenters. The van der Waals surface area contributed by atoms with Gasteiger partial charge in [0.05, 0.1) is 26.4 Å². The Balaban J connectivity index is 3.33. The van der Waals surface area contributed by atoms with Crippen molar-refractivity contribution in [3.05, 3.63) is 24.8 Å². The van der Waals surface area contributed by atoms with Crippen molar-refractivity contribution >= 4 is 16.8 Å². The molecule has 4 nitrogen and oxygen atoms in total. The van der Waals surface area contributed by atoms with Crippen LogP contribution >= 0.6 is 16.8 Å². The molecule has 0 aliphatic carbocycles. The van der Waals surface area contributed by atoms with Crippen molar-refractivity contribution in [1.29, 1.82) is 0 Å². The van der Waals surface area contributed by atoms with Crippen LogP contribution in [0, 0.1) is 0 Å². The van der Waals surface area contributed by atoms with Gasteiger partial charge in [0.25, 0.3) is 0 Å². The van der Waals surface area contributed by atoms with Gasteiger partial charge >= 0.3 is 0 Å². The fraction of sp³-hybridized carbons (Fsp3) is 0.846. The van der Waals surface area contributed by atoms with Crippen molar-refractivity contribution in [3.8, 4) is 0 Å². The fourth-order valence-electron chi connectivity index (χ4n) is 3.23. The highest BCUT2D eigenvalue weighted by Crippen LogP contribution is 2.40. The van der Waals surface area contributed by atoms with E-state index in [1.165, 1.54) is 77.0 Å². The Kier molecular flexibility index (Phi) is 27.6. The maximum absolute atomic E-state index is 5.82. The first-order chi connectivity index (χ1) is 15.8. The largest absolute Gasteiger partial charge is 0.331 e. The highest BCUT2D eigenvalue weighted by atomic mass is 31.2. The molecule has 6 heteroatoms. The minimum absolute atomic E-state index is 0.794. The lowest BCUT2D eigenvalue weighted by molar-refractivity contribution is 0.246. The van der Waals surface area contributed by atoms with E-state index in [4.69, 9.17) is 18.1 Å². The molecule has 0 amide bonds. The van der Waals surface area contributed by atoms with Gasteiger partial charge in [-0.2, -0.15) is 0 Å². The Bertz CT molecular complexity index is 360. The van der Waals surface area contributed by atoms with Gasteiger partial charge in [0.1, 0.15) is 0 Å². The van der Waals surface area contributed by atoms with Gasteiger partial charge in [0.15, 0.2) is 16.8 Å².